The number of hydrogen-bond donors (Lipinski definition) is 1. The van der Waals surface area contributed by atoms with Gasteiger partial charge >= 0.3 is 0 Å². The van der Waals surface area contributed by atoms with Gasteiger partial charge in [-0.2, -0.15) is 5.26 Å². The Kier molecular flexibility index (Phi) is 3.34. The third-order valence-electron chi connectivity index (χ3n) is 2.94. The predicted octanol–water partition coefficient (Wildman–Crippen LogP) is 1.55. The van der Waals surface area contributed by atoms with Crippen molar-refractivity contribution in [2.75, 3.05) is 16.8 Å². The highest BCUT2D eigenvalue weighted by atomic mass is 32.2. The van der Waals surface area contributed by atoms with E-state index in [0.29, 0.717) is 18.4 Å². The van der Waals surface area contributed by atoms with Crippen molar-refractivity contribution in [3.8, 4) is 6.07 Å². The first-order valence-electron chi connectivity index (χ1n) is 5.56. The van der Waals surface area contributed by atoms with Crippen LogP contribution in [0.15, 0.2) is 24.3 Å². The summed E-state index contributed by atoms with van der Waals surface area (Å²) in [5, 5.41) is 12.0. The quantitative estimate of drug-likeness (QED) is 0.864. The van der Waals surface area contributed by atoms with Gasteiger partial charge in [0.05, 0.1) is 23.1 Å². The number of rotatable bonds is 2. The number of nitrogens with one attached hydrogen (secondary N) is 1. The summed E-state index contributed by atoms with van der Waals surface area (Å²) in [5.41, 5.74) is 1.56. The zero-order valence-electron chi connectivity index (χ0n) is 9.39. The van der Waals surface area contributed by atoms with E-state index in [2.05, 4.69) is 11.4 Å². The van der Waals surface area contributed by atoms with Crippen molar-refractivity contribution in [3.63, 3.8) is 0 Å². The van der Waals surface area contributed by atoms with Gasteiger partial charge in [-0.3, -0.25) is 0 Å². The van der Waals surface area contributed by atoms with Gasteiger partial charge in [-0.05, 0) is 37.1 Å². The standard InChI is InChI=1S/C12H14N2O2S/c13-9-10-1-3-11(4-2-10)14-12-5-7-17(15,16)8-6-12/h1-4,12,14H,5-8H2. The summed E-state index contributed by atoms with van der Waals surface area (Å²) in [5.74, 6) is 0.530. The van der Waals surface area contributed by atoms with Gasteiger partial charge in [-0.1, -0.05) is 0 Å². The molecule has 1 fully saturated rings. The van der Waals surface area contributed by atoms with Crippen molar-refractivity contribution in [1.29, 1.82) is 5.26 Å². The van der Waals surface area contributed by atoms with Gasteiger partial charge in [-0.25, -0.2) is 8.42 Å². The molecule has 0 saturated carbocycles. The van der Waals surface area contributed by atoms with Crippen LogP contribution in [0.25, 0.3) is 0 Å². The minimum Gasteiger partial charge on any atom is -0.382 e. The first kappa shape index (κ1) is 11.9. The van der Waals surface area contributed by atoms with Gasteiger partial charge in [-0.15, -0.1) is 0 Å². The van der Waals surface area contributed by atoms with E-state index in [4.69, 9.17) is 5.26 Å². The molecule has 1 aliphatic rings. The average molecular weight is 250 g/mol. The monoisotopic (exact) mass is 250 g/mol. The molecule has 0 amide bonds. The van der Waals surface area contributed by atoms with E-state index in [1.54, 1.807) is 12.1 Å². The van der Waals surface area contributed by atoms with Crippen LogP contribution < -0.4 is 5.32 Å². The number of sulfone groups is 1. The van der Waals surface area contributed by atoms with E-state index in [9.17, 15) is 8.42 Å². The molecule has 1 saturated heterocycles. The van der Waals surface area contributed by atoms with Gasteiger partial charge in [0.25, 0.3) is 0 Å². The molecular formula is C12H14N2O2S. The van der Waals surface area contributed by atoms with Crippen LogP contribution in [0, 0.1) is 11.3 Å². The lowest BCUT2D eigenvalue weighted by Gasteiger charge is -2.24. The fourth-order valence-corrected chi connectivity index (χ4v) is 3.40. The summed E-state index contributed by atoms with van der Waals surface area (Å²) >= 11 is 0. The van der Waals surface area contributed by atoms with Crippen LogP contribution in [-0.4, -0.2) is 26.0 Å². The summed E-state index contributed by atoms with van der Waals surface area (Å²) in [4.78, 5) is 0. The lowest BCUT2D eigenvalue weighted by atomic mass is 10.1. The summed E-state index contributed by atoms with van der Waals surface area (Å²) < 4.78 is 22.5. The second kappa shape index (κ2) is 4.76. The molecule has 2 rings (SSSR count). The lowest BCUT2D eigenvalue weighted by Crippen LogP contribution is -2.32. The number of nitriles is 1. The van der Waals surface area contributed by atoms with E-state index in [1.165, 1.54) is 0 Å². The lowest BCUT2D eigenvalue weighted by molar-refractivity contribution is 0.559. The topological polar surface area (TPSA) is 70.0 Å². The Morgan fingerprint density at radius 3 is 2.29 bits per heavy atom. The van der Waals surface area contributed by atoms with Crippen LogP contribution in [0.5, 0.6) is 0 Å². The Morgan fingerprint density at radius 1 is 1.18 bits per heavy atom. The van der Waals surface area contributed by atoms with Crippen LogP contribution in [0.1, 0.15) is 18.4 Å². The van der Waals surface area contributed by atoms with E-state index in [1.807, 2.05) is 12.1 Å². The molecule has 1 aromatic carbocycles. The van der Waals surface area contributed by atoms with Crippen molar-refractivity contribution >= 4 is 15.5 Å². The van der Waals surface area contributed by atoms with Crippen molar-refractivity contribution in [3.05, 3.63) is 29.8 Å². The van der Waals surface area contributed by atoms with Gasteiger partial charge in [0.2, 0.25) is 0 Å². The molecule has 5 heteroatoms. The highest BCUT2D eigenvalue weighted by Crippen LogP contribution is 2.18. The van der Waals surface area contributed by atoms with Crippen molar-refractivity contribution < 1.29 is 8.42 Å². The highest BCUT2D eigenvalue weighted by molar-refractivity contribution is 7.91. The SMILES string of the molecule is N#Cc1ccc(NC2CCS(=O)(=O)CC2)cc1. The first-order valence-corrected chi connectivity index (χ1v) is 7.38. The smallest absolute Gasteiger partial charge is 0.150 e. The zero-order valence-corrected chi connectivity index (χ0v) is 10.2. The van der Waals surface area contributed by atoms with E-state index < -0.39 is 9.84 Å². The molecule has 0 spiro atoms. The second-order valence-electron chi connectivity index (χ2n) is 4.26. The van der Waals surface area contributed by atoms with Crippen molar-refractivity contribution in [1.82, 2.24) is 0 Å². The van der Waals surface area contributed by atoms with Crippen LogP contribution in [0.4, 0.5) is 5.69 Å². The molecule has 1 aliphatic heterocycles. The van der Waals surface area contributed by atoms with E-state index in [0.717, 1.165) is 5.69 Å². The van der Waals surface area contributed by atoms with E-state index >= 15 is 0 Å². The fraction of sp³-hybridized carbons (Fsp3) is 0.417. The van der Waals surface area contributed by atoms with Gasteiger partial charge < -0.3 is 5.32 Å². The molecule has 0 radical (unpaired) electrons. The maximum atomic E-state index is 11.3. The molecule has 17 heavy (non-hydrogen) atoms. The molecule has 90 valence electrons. The summed E-state index contributed by atoms with van der Waals surface area (Å²) in [6.07, 6.45) is 1.31. The molecular weight excluding hydrogens is 236 g/mol. The third-order valence-corrected chi connectivity index (χ3v) is 4.65. The molecule has 0 aliphatic carbocycles. The molecule has 4 nitrogen and oxygen atoms in total. The summed E-state index contributed by atoms with van der Waals surface area (Å²) in [7, 11) is -2.80. The second-order valence-corrected chi connectivity index (χ2v) is 6.56. The minimum absolute atomic E-state index is 0.214. The Labute approximate surface area is 101 Å². The number of benzene rings is 1. The first-order chi connectivity index (χ1) is 8.09. The normalized spacial score (nSPS) is 19.5. The minimum atomic E-state index is -2.80. The largest absolute Gasteiger partial charge is 0.382 e. The van der Waals surface area contributed by atoms with Gasteiger partial charge in [0, 0.05) is 11.7 Å². The number of anilines is 1. The van der Waals surface area contributed by atoms with Crippen LogP contribution in [0.3, 0.4) is 0 Å². The van der Waals surface area contributed by atoms with Crippen molar-refractivity contribution in [2.24, 2.45) is 0 Å². The van der Waals surface area contributed by atoms with E-state index in [-0.39, 0.29) is 17.5 Å². The van der Waals surface area contributed by atoms with Gasteiger partial charge in [0.1, 0.15) is 9.84 Å². The maximum Gasteiger partial charge on any atom is 0.150 e. The number of nitrogens with zero attached hydrogens (tertiary/aromatic N) is 1. The maximum absolute atomic E-state index is 11.3. The molecule has 0 unspecified atom stereocenters. The predicted molar refractivity (Wildman–Crippen MR) is 66.5 cm³/mol. The molecule has 0 aromatic heterocycles. The summed E-state index contributed by atoms with van der Waals surface area (Å²) in [6, 6.07) is 9.48. The zero-order chi connectivity index (χ0) is 12.3. The van der Waals surface area contributed by atoms with Crippen LogP contribution >= 0.6 is 0 Å². The molecule has 0 atom stereocenters. The van der Waals surface area contributed by atoms with Crippen molar-refractivity contribution in [2.45, 2.75) is 18.9 Å². The van der Waals surface area contributed by atoms with Crippen LogP contribution in [0.2, 0.25) is 0 Å². The molecule has 1 N–H and O–H groups in total. The third kappa shape index (κ3) is 3.21. The molecule has 1 aromatic rings. The Hall–Kier alpha value is -1.54. The Morgan fingerprint density at radius 2 is 1.76 bits per heavy atom. The Balaban J connectivity index is 1.96. The Bertz CT molecular complexity index is 515. The number of hydrogen-bond acceptors (Lipinski definition) is 4. The molecule has 0 bridgehead atoms. The van der Waals surface area contributed by atoms with Crippen LogP contribution in [-0.2, 0) is 9.84 Å². The highest BCUT2D eigenvalue weighted by Gasteiger charge is 2.23. The molecule has 1 heterocycles. The average Bonchev–Trinajstić information content (AvgIpc) is 2.33. The summed E-state index contributed by atoms with van der Waals surface area (Å²) in [6.45, 7) is 0. The van der Waals surface area contributed by atoms with Gasteiger partial charge in [0.15, 0.2) is 0 Å². The fourth-order valence-electron chi connectivity index (χ4n) is 1.91.